The summed E-state index contributed by atoms with van der Waals surface area (Å²) in [4.78, 5) is 30.9. The minimum absolute atomic E-state index is 0.0711. The first-order valence-electron chi connectivity index (χ1n) is 15.1. The summed E-state index contributed by atoms with van der Waals surface area (Å²) in [6.45, 7) is 5.31. The second-order valence-corrected chi connectivity index (χ2v) is 12.7. The number of aryl methyl sites for hydroxylation is 2. The van der Waals surface area contributed by atoms with Gasteiger partial charge in [0.15, 0.2) is 11.5 Å². The number of amides is 1. The molecule has 3 heterocycles. The first-order chi connectivity index (χ1) is 20.0. The van der Waals surface area contributed by atoms with Crippen LogP contribution in [0.25, 0.3) is 0 Å². The number of nitrogens with zero attached hydrogens (tertiary/aromatic N) is 4. The molecule has 4 rings (SSSR count). The van der Waals surface area contributed by atoms with Gasteiger partial charge in [0.1, 0.15) is 0 Å². The molecule has 0 radical (unpaired) electrons. The number of carbonyl (C=O) groups excluding carboxylic acids is 1. The van der Waals surface area contributed by atoms with Crippen molar-refractivity contribution < 1.29 is 33.4 Å². The molecule has 3 atom stereocenters. The summed E-state index contributed by atoms with van der Waals surface area (Å²) in [6.07, 6.45) is 6.25. The van der Waals surface area contributed by atoms with Gasteiger partial charge in [0, 0.05) is 57.0 Å². The minimum atomic E-state index is -0.853. The van der Waals surface area contributed by atoms with E-state index in [1.807, 2.05) is 36.3 Å². The van der Waals surface area contributed by atoms with Crippen LogP contribution in [0.5, 0.6) is 17.2 Å². The van der Waals surface area contributed by atoms with E-state index >= 15 is 0 Å². The summed E-state index contributed by atoms with van der Waals surface area (Å²) < 4.78 is 19.8. The van der Waals surface area contributed by atoms with Gasteiger partial charge < -0.3 is 33.3 Å². The SMILES string of the molecule is CCCCN(CCC[N+](C)(C)C)C(=O)CN1CC(c2cc(OC)c3c(c2)OCO3)C(C(=O)O)C1CCc1cccn1C. The first kappa shape index (κ1) is 31.7. The van der Waals surface area contributed by atoms with E-state index in [2.05, 4.69) is 43.6 Å². The smallest absolute Gasteiger partial charge is 0.308 e. The van der Waals surface area contributed by atoms with E-state index < -0.39 is 11.9 Å². The number of methoxy groups -OCH3 is 1. The van der Waals surface area contributed by atoms with E-state index in [1.54, 1.807) is 7.11 Å². The van der Waals surface area contributed by atoms with Gasteiger partial charge in [0.25, 0.3) is 0 Å². The Labute approximate surface area is 250 Å². The molecule has 3 unspecified atom stereocenters. The zero-order valence-corrected chi connectivity index (χ0v) is 26.2. The Morgan fingerprint density at radius 2 is 1.93 bits per heavy atom. The van der Waals surface area contributed by atoms with E-state index in [4.69, 9.17) is 14.2 Å². The molecular weight excluding hydrogens is 536 g/mol. The summed E-state index contributed by atoms with van der Waals surface area (Å²) in [5, 5.41) is 10.6. The van der Waals surface area contributed by atoms with Crippen LogP contribution in [0.15, 0.2) is 30.5 Å². The van der Waals surface area contributed by atoms with Crippen molar-refractivity contribution >= 4 is 11.9 Å². The van der Waals surface area contributed by atoms with Gasteiger partial charge >= 0.3 is 5.97 Å². The highest BCUT2D eigenvalue weighted by Crippen LogP contribution is 2.47. The number of aliphatic carboxylic acids is 1. The molecule has 1 aromatic carbocycles. The molecule has 2 aliphatic heterocycles. The number of aromatic nitrogens is 1. The molecule has 1 aromatic heterocycles. The fraction of sp³-hybridized carbons (Fsp3) is 0.625. The lowest BCUT2D eigenvalue weighted by atomic mass is 9.83. The summed E-state index contributed by atoms with van der Waals surface area (Å²) >= 11 is 0. The number of carboxylic acid groups (broad SMARTS) is 1. The van der Waals surface area contributed by atoms with Crippen molar-refractivity contribution in [2.45, 2.75) is 51.0 Å². The lowest BCUT2D eigenvalue weighted by molar-refractivity contribution is -0.870. The van der Waals surface area contributed by atoms with Crippen molar-refractivity contribution in [3.05, 3.63) is 41.7 Å². The second kappa shape index (κ2) is 13.8. The maximum absolute atomic E-state index is 13.8. The highest BCUT2D eigenvalue weighted by atomic mass is 16.7. The Bertz CT molecular complexity index is 1220. The zero-order chi connectivity index (χ0) is 30.4. The molecular formula is C32H49N4O6+. The number of ether oxygens (including phenoxy) is 3. The van der Waals surface area contributed by atoms with Gasteiger partial charge in [-0.1, -0.05) is 13.3 Å². The molecule has 1 amide bonds. The number of fused-ring (bicyclic) bond motifs is 1. The predicted molar refractivity (Wildman–Crippen MR) is 161 cm³/mol. The molecule has 0 bridgehead atoms. The van der Waals surface area contributed by atoms with Gasteiger partial charge in [-0.3, -0.25) is 14.5 Å². The number of unbranched alkanes of at least 4 members (excludes halogenated alkanes) is 1. The van der Waals surface area contributed by atoms with Crippen molar-refractivity contribution in [1.82, 2.24) is 14.4 Å². The van der Waals surface area contributed by atoms with Crippen LogP contribution in [0.2, 0.25) is 0 Å². The van der Waals surface area contributed by atoms with Crippen LogP contribution in [-0.4, -0.2) is 110 Å². The van der Waals surface area contributed by atoms with Gasteiger partial charge in [-0.2, -0.15) is 0 Å². The van der Waals surface area contributed by atoms with Gasteiger partial charge in [-0.25, -0.2) is 0 Å². The maximum atomic E-state index is 13.8. The number of hydrogen-bond donors (Lipinski definition) is 1. The normalized spacial score (nSPS) is 20.2. The number of rotatable bonds is 15. The lowest BCUT2D eigenvalue weighted by Crippen LogP contribution is -2.45. The standard InChI is InChI=1S/C32H48N4O6/c1-7-8-15-34(16-10-17-36(3,4)5)29(37)21-35-20-25(23-18-27(40-6)31-28(19-23)41-22-42-31)30(32(38)39)26(35)13-12-24-11-9-14-33(24)2/h9,11,14,18-19,25-26,30H,7-8,10,12-13,15-17,20-22H2,1-6H3/p+1. The number of hydrogen-bond acceptors (Lipinski definition) is 6. The molecule has 0 aliphatic carbocycles. The Hall–Kier alpha value is -3.24. The van der Waals surface area contributed by atoms with Crippen LogP contribution in [0.4, 0.5) is 0 Å². The van der Waals surface area contributed by atoms with Crippen LogP contribution < -0.4 is 14.2 Å². The summed E-state index contributed by atoms with van der Waals surface area (Å²) in [5.74, 6) is -0.173. The Morgan fingerprint density at radius 1 is 1.17 bits per heavy atom. The number of likely N-dealkylation sites (tertiary alicyclic amines) is 1. The van der Waals surface area contributed by atoms with Gasteiger partial charge in [0.2, 0.25) is 18.4 Å². The van der Waals surface area contributed by atoms with E-state index in [-0.39, 0.29) is 31.2 Å². The van der Waals surface area contributed by atoms with E-state index in [1.165, 1.54) is 0 Å². The Kier molecular flexibility index (Phi) is 10.4. The second-order valence-electron chi connectivity index (χ2n) is 12.7. The van der Waals surface area contributed by atoms with Crippen molar-refractivity contribution in [3.63, 3.8) is 0 Å². The molecule has 0 spiro atoms. The van der Waals surface area contributed by atoms with Gasteiger partial charge in [-0.15, -0.1) is 0 Å². The number of quaternary nitrogens is 1. The van der Waals surface area contributed by atoms with E-state index in [0.717, 1.165) is 54.5 Å². The van der Waals surface area contributed by atoms with Crippen molar-refractivity contribution in [1.29, 1.82) is 0 Å². The van der Waals surface area contributed by atoms with Gasteiger partial charge in [-0.05, 0) is 49.1 Å². The fourth-order valence-corrected chi connectivity index (χ4v) is 6.33. The third kappa shape index (κ3) is 7.58. The summed E-state index contributed by atoms with van der Waals surface area (Å²) in [5.41, 5.74) is 1.97. The van der Waals surface area contributed by atoms with Crippen molar-refractivity contribution in [2.24, 2.45) is 13.0 Å². The average Bonchev–Trinajstić information content (AvgIpc) is 3.66. The Morgan fingerprint density at radius 3 is 2.57 bits per heavy atom. The third-order valence-electron chi connectivity index (χ3n) is 8.62. The van der Waals surface area contributed by atoms with E-state index in [9.17, 15) is 14.7 Å². The molecule has 2 aromatic rings. The van der Waals surface area contributed by atoms with Gasteiger partial charge in [0.05, 0.1) is 47.3 Å². The van der Waals surface area contributed by atoms with Crippen LogP contribution in [0.1, 0.15) is 49.8 Å². The van der Waals surface area contributed by atoms with E-state index in [0.29, 0.717) is 36.8 Å². The monoisotopic (exact) mass is 585 g/mol. The number of benzene rings is 1. The lowest BCUT2D eigenvalue weighted by Gasteiger charge is -2.31. The van der Waals surface area contributed by atoms with Crippen LogP contribution in [0, 0.1) is 5.92 Å². The Balaban J connectivity index is 1.61. The maximum Gasteiger partial charge on any atom is 0.308 e. The first-order valence-corrected chi connectivity index (χ1v) is 15.1. The molecule has 42 heavy (non-hydrogen) atoms. The van der Waals surface area contributed by atoms with Crippen LogP contribution in [0.3, 0.4) is 0 Å². The molecule has 10 nitrogen and oxygen atoms in total. The molecule has 10 heteroatoms. The third-order valence-corrected chi connectivity index (χ3v) is 8.62. The fourth-order valence-electron chi connectivity index (χ4n) is 6.33. The number of carboxylic acids is 1. The molecule has 1 saturated heterocycles. The predicted octanol–water partition coefficient (Wildman–Crippen LogP) is 3.59. The van der Waals surface area contributed by atoms with Crippen LogP contribution in [-0.2, 0) is 23.1 Å². The highest BCUT2D eigenvalue weighted by molar-refractivity contribution is 5.79. The molecule has 232 valence electrons. The van der Waals surface area contributed by atoms with Crippen LogP contribution >= 0.6 is 0 Å². The average molecular weight is 586 g/mol. The number of carbonyl (C=O) groups is 2. The quantitative estimate of drug-likeness (QED) is 0.320. The molecule has 2 aliphatic rings. The molecule has 1 N–H and O–H groups in total. The van der Waals surface area contributed by atoms with Crippen molar-refractivity contribution in [2.75, 3.05) is 67.8 Å². The largest absolute Gasteiger partial charge is 0.493 e. The molecule has 1 fully saturated rings. The van der Waals surface area contributed by atoms with Crippen molar-refractivity contribution in [3.8, 4) is 17.2 Å². The minimum Gasteiger partial charge on any atom is -0.493 e. The summed E-state index contributed by atoms with van der Waals surface area (Å²) in [7, 11) is 10.1. The topological polar surface area (TPSA) is 93.5 Å². The molecule has 0 saturated carbocycles. The highest BCUT2D eigenvalue weighted by Gasteiger charge is 2.47. The zero-order valence-electron chi connectivity index (χ0n) is 26.2. The summed E-state index contributed by atoms with van der Waals surface area (Å²) in [6, 6.07) is 7.52.